The highest BCUT2D eigenvalue weighted by molar-refractivity contribution is 5.19. The van der Waals surface area contributed by atoms with E-state index in [9.17, 15) is 0 Å². The van der Waals surface area contributed by atoms with E-state index in [1.165, 1.54) is 12.0 Å². The van der Waals surface area contributed by atoms with E-state index in [-0.39, 0.29) is 0 Å². The molecule has 0 aliphatic rings. The summed E-state index contributed by atoms with van der Waals surface area (Å²) in [6.07, 6.45) is 6.22. The summed E-state index contributed by atoms with van der Waals surface area (Å²) in [4.78, 5) is 4.22. The van der Waals surface area contributed by atoms with Crippen LogP contribution in [-0.4, -0.2) is 11.9 Å². The molecule has 0 atom stereocenters. The lowest BCUT2D eigenvalue weighted by atomic mass is 10.2. The number of rotatable bonds is 8. The van der Waals surface area contributed by atoms with E-state index in [2.05, 4.69) is 18.7 Å². The van der Waals surface area contributed by atoms with Crippen molar-refractivity contribution in [3.63, 3.8) is 0 Å². The molecule has 3 heteroatoms. The molecule has 0 aromatic rings. The minimum Gasteiger partial charge on any atom is -0.490 e. The second-order valence-electron chi connectivity index (χ2n) is 3.91. The smallest absolute Gasteiger partial charge is 0.180 e. The van der Waals surface area contributed by atoms with Gasteiger partial charge in [0.05, 0.1) is 6.61 Å². The molecule has 94 valence electrons. The zero-order valence-corrected chi connectivity index (χ0v) is 10.9. The van der Waals surface area contributed by atoms with E-state index >= 15 is 0 Å². The van der Waals surface area contributed by atoms with Gasteiger partial charge in [0.2, 0.25) is 0 Å². The Labute approximate surface area is 98.7 Å². The van der Waals surface area contributed by atoms with Crippen molar-refractivity contribution in [1.82, 2.24) is 0 Å². The topological polar surface area (TPSA) is 38.7 Å². The largest absolute Gasteiger partial charge is 0.490 e. The van der Waals surface area contributed by atoms with Crippen LogP contribution < -0.4 is 0 Å². The highest BCUT2D eigenvalue weighted by atomic mass is 17.1. The number of allylic oxidation sites excluding steroid dienone is 3. The molecule has 0 radical (unpaired) electrons. The fraction of sp³-hybridized carbons (Fsp3) is 0.692. The fourth-order valence-corrected chi connectivity index (χ4v) is 1.15. The maximum Gasteiger partial charge on any atom is 0.180 e. The predicted molar refractivity (Wildman–Crippen MR) is 65.9 cm³/mol. The molecule has 3 nitrogen and oxygen atoms in total. The van der Waals surface area contributed by atoms with Gasteiger partial charge in [0.15, 0.2) is 11.5 Å². The van der Waals surface area contributed by atoms with Crippen molar-refractivity contribution in [3.8, 4) is 0 Å². The third-order valence-electron chi connectivity index (χ3n) is 2.42. The van der Waals surface area contributed by atoms with Crippen LogP contribution in [0.5, 0.6) is 0 Å². The Morgan fingerprint density at radius 1 is 1.19 bits per heavy atom. The summed E-state index contributed by atoms with van der Waals surface area (Å²) in [5.41, 5.74) is 1.20. The first-order valence-corrected chi connectivity index (χ1v) is 5.97. The second-order valence-corrected chi connectivity index (χ2v) is 3.91. The highest BCUT2D eigenvalue weighted by Gasteiger charge is 2.03. The van der Waals surface area contributed by atoms with Gasteiger partial charge in [-0.3, -0.25) is 0 Å². The molecule has 0 aliphatic carbocycles. The van der Waals surface area contributed by atoms with Crippen molar-refractivity contribution >= 4 is 0 Å². The summed E-state index contributed by atoms with van der Waals surface area (Å²) < 4.78 is 5.59. The minimum atomic E-state index is 0.407. The molecule has 0 aromatic heterocycles. The van der Waals surface area contributed by atoms with Gasteiger partial charge in [-0.05, 0) is 25.8 Å². The maximum absolute atomic E-state index is 8.63. The molecule has 0 amide bonds. The van der Waals surface area contributed by atoms with Crippen molar-refractivity contribution in [1.29, 1.82) is 0 Å². The normalized spacial score (nSPS) is 13.4. The maximum atomic E-state index is 8.63. The third-order valence-corrected chi connectivity index (χ3v) is 2.42. The summed E-state index contributed by atoms with van der Waals surface area (Å²) in [6.45, 7) is 8.61. The summed E-state index contributed by atoms with van der Waals surface area (Å²) in [7, 11) is 0. The lowest BCUT2D eigenvalue weighted by Gasteiger charge is -2.09. The molecule has 0 saturated carbocycles. The van der Waals surface area contributed by atoms with E-state index in [1.54, 1.807) is 6.92 Å². The van der Waals surface area contributed by atoms with Crippen molar-refractivity contribution in [3.05, 3.63) is 23.2 Å². The molecule has 16 heavy (non-hydrogen) atoms. The number of unbranched alkanes of at least 4 members (excludes halogenated alkanes) is 2. The molecule has 0 aliphatic heterocycles. The Bertz CT molecular complexity index is 242. The van der Waals surface area contributed by atoms with Crippen molar-refractivity contribution < 1.29 is 14.9 Å². The van der Waals surface area contributed by atoms with Gasteiger partial charge in [0.25, 0.3) is 0 Å². The summed E-state index contributed by atoms with van der Waals surface area (Å²) in [5, 5.41) is 8.63. The van der Waals surface area contributed by atoms with E-state index in [0.29, 0.717) is 18.1 Å². The molecule has 1 N–H and O–H groups in total. The predicted octanol–water partition coefficient (Wildman–Crippen LogP) is 4.27. The quantitative estimate of drug-likeness (QED) is 0.222. The van der Waals surface area contributed by atoms with E-state index in [4.69, 9.17) is 9.99 Å². The van der Waals surface area contributed by atoms with Crippen LogP contribution in [0.25, 0.3) is 0 Å². The minimum absolute atomic E-state index is 0.407. The van der Waals surface area contributed by atoms with Gasteiger partial charge in [-0.15, -0.1) is 0 Å². The van der Waals surface area contributed by atoms with Crippen molar-refractivity contribution in [2.45, 2.75) is 53.4 Å². The molecular weight excluding hydrogens is 204 g/mol. The first-order chi connectivity index (χ1) is 7.65. The van der Waals surface area contributed by atoms with Gasteiger partial charge in [-0.25, -0.2) is 5.26 Å². The number of ether oxygens (including phenoxy) is 1. The SMILES string of the molecule is CCCCCOC(C=C(C)CC)=C(C)OO. The molecule has 0 bridgehead atoms. The van der Waals surface area contributed by atoms with E-state index in [0.717, 1.165) is 19.3 Å². The van der Waals surface area contributed by atoms with Crippen LogP contribution in [0.2, 0.25) is 0 Å². The standard InChI is InChI=1S/C13H24O3/c1-5-7-8-9-15-13(12(4)16-14)10-11(3)6-2/h10,14H,5-9H2,1-4H3. The number of hydrogen-bond acceptors (Lipinski definition) is 3. The Kier molecular flexibility index (Phi) is 8.72. The number of hydrogen-bond donors (Lipinski definition) is 1. The zero-order chi connectivity index (χ0) is 12.4. The molecule has 0 spiro atoms. The summed E-state index contributed by atoms with van der Waals surface area (Å²) >= 11 is 0. The van der Waals surface area contributed by atoms with Crippen LogP contribution in [0.4, 0.5) is 0 Å². The lowest BCUT2D eigenvalue weighted by molar-refractivity contribution is -0.205. The van der Waals surface area contributed by atoms with Crippen LogP contribution in [0.1, 0.15) is 53.4 Å². The molecule has 0 saturated heterocycles. The summed E-state index contributed by atoms with van der Waals surface area (Å²) in [5.74, 6) is 1.03. The van der Waals surface area contributed by atoms with Gasteiger partial charge in [-0.1, -0.05) is 32.3 Å². The highest BCUT2D eigenvalue weighted by Crippen LogP contribution is 2.13. The van der Waals surface area contributed by atoms with Gasteiger partial charge in [-0.2, -0.15) is 0 Å². The molecular formula is C13H24O3. The first kappa shape index (κ1) is 15.0. The molecule has 0 unspecified atom stereocenters. The van der Waals surface area contributed by atoms with E-state index in [1.807, 2.05) is 13.0 Å². The van der Waals surface area contributed by atoms with Crippen molar-refractivity contribution in [2.75, 3.05) is 6.61 Å². The Morgan fingerprint density at radius 3 is 2.38 bits per heavy atom. The van der Waals surface area contributed by atoms with Crippen LogP contribution in [0, 0.1) is 0 Å². The van der Waals surface area contributed by atoms with Gasteiger partial charge in [0.1, 0.15) is 0 Å². The monoisotopic (exact) mass is 228 g/mol. The van der Waals surface area contributed by atoms with Crippen LogP contribution in [-0.2, 0) is 9.62 Å². The third kappa shape index (κ3) is 6.51. The van der Waals surface area contributed by atoms with Gasteiger partial charge in [0, 0.05) is 6.92 Å². The van der Waals surface area contributed by atoms with Crippen LogP contribution in [0.15, 0.2) is 23.2 Å². The van der Waals surface area contributed by atoms with Gasteiger partial charge < -0.3 is 9.62 Å². The molecule has 0 rings (SSSR count). The van der Waals surface area contributed by atoms with Crippen LogP contribution >= 0.6 is 0 Å². The molecule has 0 fully saturated rings. The summed E-state index contributed by atoms with van der Waals surface area (Å²) in [6, 6.07) is 0. The fourth-order valence-electron chi connectivity index (χ4n) is 1.15. The Morgan fingerprint density at radius 2 is 1.88 bits per heavy atom. The Hall–Kier alpha value is -0.960. The Balaban J connectivity index is 4.35. The van der Waals surface area contributed by atoms with E-state index < -0.39 is 0 Å². The first-order valence-electron chi connectivity index (χ1n) is 5.97. The second kappa shape index (κ2) is 9.28. The lowest BCUT2D eigenvalue weighted by Crippen LogP contribution is -1.98. The van der Waals surface area contributed by atoms with Crippen LogP contribution in [0.3, 0.4) is 0 Å². The van der Waals surface area contributed by atoms with Crippen molar-refractivity contribution in [2.24, 2.45) is 0 Å². The molecule has 0 aromatic carbocycles. The average Bonchev–Trinajstić information content (AvgIpc) is 2.31. The molecule has 0 heterocycles. The van der Waals surface area contributed by atoms with Gasteiger partial charge >= 0.3 is 0 Å². The zero-order valence-electron chi connectivity index (χ0n) is 10.9. The average molecular weight is 228 g/mol.